The zero-order valence-corrected chi connectivity index (χ0v) is 11.4. The molecular formula is C8H11NNaO4S+. The van der Waals surface area contributed by atoms with Gasteiger partial charge in [-0.3, -0.25) is 4.55 Å². The SMILES string of the molecule is CC(Oc1ccccc1N)S(=O)(=O)O.[Na+]. The summed E-state index contributed by atoms with van der Waals surface area (Å²) in [5.74, 6) is 0.234. The Morgan fingerprint density at radius 2 is 1.93 bits per heavy atom. The Hall–Kier alpha value is -0.270. The minimum atomic E-state index is -4.20. The van der Waals surface area contributed by atoms with E-state index in [0.29, 0.717) is 5.69 Å². The van der Waals surface area contributed by atoms with Crippen LogP contribution in [0.4, 0.5) is 5.69 Å². The van der Waals surface area contributed by atoms with Crippen LogP contribution < -0.4 is 40.0 Å². The Bertz CT molecular complexity index is 420. The molecule has 1 rings (SSSR count). The summed E-state index contributed by atoms with van der Waals surface area (Å²) in [5, 5.41) is 0. The zero-order chi connectivity index (χ0) is 10.8. The molecule has 0 bridgehead atoms. The predicted molar refractivity (Wildman–Crippen MR) is 52.5 cm³/mol. The van der Waals surface area contributed by atoms with Gasteiger partial charge in [0.05, 0.1) is 5.69 Å². The number of nitrogens with two attached hydrogens (primary N) is 1. The molecule has 5 nitrogen and oxygen atoms in total. The van der Waals surface area contributed by atoms with Gasteiger partial charge in [0.2, 0.25) is 5.44 Å². The van der Waals surface area contributed by atoms with Gasteiger partial charge in [0.1, 0.15) is 5.75 Å². The second kappa shape index (κ2) is 5.72. The molecule has 0 aromatic heterocycles. The molecule has 3 N–H and O–H groups in total. The molecule has 0 radical (unpaired) electrons. The smallest absolute Gasteiger partial charge is 0.470 e. The number of hydrogen-bond acceptors (Lipinski definition) is 4. The molecular weight excluding hydrogens is 229 g/mol. The summed E-state index contributed by atoms with van der Waals surface area (Å²) in [6.07, 6.45) is 0. The van der Waals surface area contributed by atoms with Gasteiger partial charge in [-0.25, -0.2) is 0 Å². The average Bonchev–Trinajstić information content (AvgIpc) is 2.07. The normalized spacial score (nSPS) is 12.7. The molecule has 0 saturated heterocycles. The van der Waals surface area contributed by atoms with Gasteiger partial charge in [-0.1, -0.05) is 12.1 Å². The largest absolute Gasteiger partial charge is 1.00 e. The second-order valence-corrected chi connectivity index (χ2v) is 4.43. The van der Waals surface area contributed by atoms with E-state index in [1.807, 2.05) is 0 Å². The van der Waals surface area contributed by atoms with E-state index in [0.717, 1.165) is 0 Å². The molecule has 0 spiro atoms. The fraction of sp³-hybridized carbons (Fsp3) is 0.250. The molecule has 0 fully saturated rings. The molecule has 0 aliphatic rings. The Morgan fingerprint density at radius 1 is 1.40 bits per heavy atom. The van der Waals surface area contributed by atoms with Gasteiger partial charge in [-0.2, -0.15) is 8.42 Å². The maximum Gasteiger partial charge on any atom is 1.00 e. The number of rotatable bonds is 3. The number of nitrogen functional groups attached to an aromatic ring is 1. The Morgan fingerprint density at radius 3 is 2.40 bits per heavy atom. The Balaban J connectivity index is 0.00000196. The van der Waals surface area contributed by atoms with Gasteiger partial charge in [0, 0.05) is 0 Å². The number of hydrogen-bond donors (Lipinski definition) is 2. The van der Waals surface area contributed by atoms with Crippen LogP contribution in [0.5, 0.6) is 5.75 Å². The van der Waals surface area contributed by atoms with Crippen LogP contribution in [-0.4, -0.2) is 18.4 Å². The topological polar surface area (TPSA) is 89.6 Å². The summed E-state index contributed by atoms with van der Waals surface area (Å²) >= 11 is 0. The Kier molecular flexibility index (Phi) is 5.61. The van der Waals surface area contributed by atoms with E-state index in [1.165, 1.54) is 13.0 Å². The van der Waals surface area contributed by atoms with E-state index >= 15 is 0 Å². The summed E-state index contributed by atoms with van der Waals surface area (Å²) in [7, 11) is -4.20. The summed E-state index contributed by atoms with van der Waals surface area (Å²) < 4.78 is 34.9. The van der Waals surface area contributed by atoms with Crippen molar-refractivity contribution in [3.63, 3.8) is 0 Å². The predicted octanol–water partition coefficient (Wildman–Crippen LogP) is -2.11. The molecule has 0 aliphatic carbocycles. The minimum Gasteiger partial charge on any atom is -0.470 e. The first kappa shape index (κ1) is 14.7. The molecule has 1 aromatic carbocycles. The number of para-hydroxylation sites is 2. The first-order valence-corrected chi connectivity index (χ1v) is 5.39. The van der Waals surface area contributed by atoms with Gasteiger partial charge in [-0.05, 0) is 19.1 Å². The standard InChI is InChI=1S/C8H11NO4S.Na/c1-6(14(10,11)12)13-8-5-3-2-4-7(8)9;/h2-6H,9H2,1H3,(H,10,11,12);/q;+1. The van der Waals surface area contributed by atoms with Crippen molar-refractivity contribution in [2.45, 2.75) is 12.4 Å². The van der Waals surface area contributed by atoms with Gasteiger partial charge in [0.25, 0.3) is 0 Å². The summed E-state index contributed by atoms with van der Waals surface area (Å²) in [5.41, 5.74) is 4.51. The van der Waals surface area contributed by atoms with Gasteiger partial charge >= 0.3 is 39.7 Å². The molecule has 7 heteroatoms. The van der Waals surface area contributed by atoms with Crippen LogP contribution >= 0.6 is 0 Å². The first-order chi connectivity index (χ1) is 6.41. The van der Waals surface area contributed by atoms with Gasteiger partial charge in [-0.15, -0.1) is 0 Å². The zero-order valence-electron chi connectivity index (χ0n) is 8.54. The van der Waals surface area contributed by atoms with Crippen LogP contribution in [0.15, 0.2) is 24.3 Å². The van der Waals surface area contributed by atoms with E-state index in [1.54, 1.807) is 18.2 Å². The molecule has 0 heterocycles. The molecule has 78 valence electrons. The molecule has 0 saturated carbocycles. The summed E-state index contributed by atoms with van der Waals surface area (Å²) in [4.78, 5) is 0. The van der Waals surface area contributed by atoms with Crippen molar-refractivity contribution in [2.24, 2.45) is 0 Å². The average molecular weight is 240 g/mol. The third kappa shape index (κ3) is 4.40. The molecule has 1 unspecified atom stereocenters. The van der Waals surface area contributed by atoms with Gasteiger partial charge in [0.15, 0.2) is 0 Å². The quantitative estimate of drug-likeness (QED) is 0.358. The fourth-order valence-corrected chi connectivity index (χ4v) is 1.05. The number of benzene rings is 1. The van der Waals surface area contributed by atoms with Crippen molar-refractivity contribution in [2.75, 3.05) is 5.73 Å². The van der Waals surface area contributed by atoms with Crippen molar-refractivity contribution >= 4 is 15.8 Å². The Labute approximate surface area is 111 Å². The molecule has 0 amide bonds. The van der Waals surface area contributed by atoms with E-state index in [2.05, 4.69) is 0 Å². The van der Waals surface area contributed by atoms with E-state index < -0.39 is 15.6 Å². The summed E-state index contributed by atoms with van der Waals surface area (Å²) in [6, 6.07) is 6.45. The van der Waals surface area contributed by atoms with Crippen molar-refractivity contribution in [1.82, 2.24) is 0 Å². The van der Waals surface area contributed by atoms with Crippen LogP contribution in [0.2, 0.25) is 0 Å². The minimum absolute atomic E-state index is 0. The third-order valence-electron chi connectivity index (χ3n) is 1.63. The van der Waals surface area contributed by atoms with Crippen LogP contribution in [0, 0.1) is 0 Å². The summed E-state index contributed by atoms with van der Waals surface area (Å²) in [6.45, 7) is 1.22. The second-order valence-electron chi connectivity index (χ2n) is 2.74. The first-order valence-electron chi connectivity index (χ1n) is 3.88. The molecule has 0 aliphatic heterocycles. The fourth-order valence-electron chi connectivity index (χ4n) is 0.827. The monoisotopic (exact) mass is 240 g/mol. The van der Waals surface area contributed by atoms with Gasteiger partial charge < -0.3 is 10.5 Å². The number of ether oxygens (including phenoxy) is 1. The van der Waals surface area contributed by atoms with E-state index in [-0.39, 0.29) is 35.3 Å². The number of anilines is 1. The van der Waals surface area contributed by atoms with Crippen molar-refractivity contribution in [1.29, 1.82) is 0 Å². The molecule has 1 atom stereocenters. The third-order valence-corrected chi connectivity index (χ3v) is 2.57. The van der Waals surface area contributed by atoms with E-state index in [9.17, 15) is 8.42 Å². The van der Waals surface area contributed by atoms with Crippen LogP contribution in [0.1, 0.15) is 6.92 Å². The van der Waals surface area contributed by atoms with Crippen LogP contribution in [-0.2, 0) is 10.1 Å². The van der Waals surface area contributed by atoms with Crippen molar-refractivity contribution < 1.29 is 47.3 Å². The molecule has 1 aromatic rings. The van der Waals surface area contributed by atoms with Crippen LogP contribution in [0.25, 0.3) is 0 Å². The molecule has 15 heavy (non-hydrogen) atoms. The maximum atomic E-state index is 10.6. The van der Waals surface area contributed by atoms with Crippen LogP contribution in [0.3, 0.4) is 0 Å². The van der Waals surface area contributed by atoms with Crippen molar-refractivity contribution in [3.05, 3.63) is 24.3 Å². The van der Waals surface area contributed by atoms with E-state index in [4.69, 9.17) is 15.0 Å². The maximum absolute atomic E-state index is 10.6. The van der Waals surface area contributed by atoms with Crippen molar-refractivity contribution in [3.8, 4) is 5.75 Å².